The van der Waals surface area contributed by atoms with Crippen LogP contribution < -0.4 is 20.1 Å². The van der Waals surface area contributed by atoms with Gasteiger partial charge in [-0.1, -0.05) is 96.7 Å². The molecule has 4 aromatic carbocycles. The topological polar surface area (TPSA) is 96.5 Å². The van der Waals surface area contributed by atoms with Crippen LogP contribution in [0.2, 0.25) is 5.02 Å². The van der Waals surface area contributed by atoms with Gasteiger partial charge >= 0.3 is 0 Å². The molecule has 1 atom stereocenters. The van der Waals surface area contributed by atoms with Gasteiger partial charge in [0.25, 0.3) is 15.9 Å². The molecule has 0 aliphatic heterocycles. The maximum absolute atomic E-state index is 14.6. The number of hydrogen-bond acceptors (Lipinski definition) is 5. The number of halogens is 1. The Morgan fingerprint density at radius 1 is 0.776 bits per heavy atom. The van der Waals surface area contributed by atoms with E-state index in [1.165, 1.54) is 0 Å². The third-order valence-corrected chi connectivity index (χ3v) is 10.2. The van der Waals surface area contributed by atoms with Gasteiger partial charge < -0.3 is 15.4 Å². The first-order chi connectivity index (χ1) is 23.4. The average Bonchev–Trinajstić information content (AvgIpc) is 3.07. The Morgan fingerprint density at radius 3 is 2.00 bits per heavy atom. The molecule has 7 nitrogen and oxygen atoms in total. The van der Waals surface area contributed by atoms with Crippen molar-refractivity contribution in [3.8, 4) is 5.75 Å². The molecule has 1 amide bonds. The SMILES string of the molecule is CCCCCCOc1c(C(C)C)cc(C(C)C)c(S(=O)(=O)Nc2ccc(Nc3ccccc3)cc2)c1C(C)CNC(=O)c1ccc(Cl)cc1. The van der Waals surface area contributed by atoms with Crippen LogP contribution in [0.4, 0.5) is 17.1 Å². The molecule has 4 rings (SSSR count). The van der Waals surface area contributed by atoms with Gasteiger partial charge in [-0.3, -0.25) is 9.52 Å². The van der Waals surface area contributed by atoms with Crippen LogP contribution in [0.25, 0.3) is 0 Å². The second-order valence-corrected chi connectivity index (χ2v) is 15.2. The molecule has 0 aliphatic carbocycles. The molecule has 0 saturated carbocycles. The molecular formula is C40H50ClN3O4S. The Labute approximate surface area is 297 Å². The van der Waals surface area contributed by atoms with Crippen LogP contribution >= 0.6 is 11.6 Å². The van der Waals surface area contributed by atoms with Gasteiger partial charge in [0.15, 0.2) is 0 Å². The van der Waals surface area contributed by atoms with Crippen LogP contribution in [0.3, 0.4) is 0 Å². The van der Waals surface area contributed by atoms with Crippen LogP contribution in [-0.2, 0) is 10.0 Å². The first kappa shape index (κ1) is 37.8. The fourth-order valence-corrected chi connectivity index (χ4v) is 7.61. The number of benzene rings is 4. The standard InChI is InChI=1S/C40H50ClN3O4S/c1-7-8-9-13-24-48-38-35(27(2)3)25-36(28(4)5)39(37(38)29(6)26-42-40(45)30-16-18-31(41)19-17-30)49(46,47)44-34-22-20-33(21-23-34)43-32-14-11-10-12-15-32/h10-12,14-23,25,27-29,43-44H,7-9,13,24,26H2,1-6H3,(H,42,45). The minimum absolute atomic E-state index is 0.0760. The summed E-state index contributed by atoms with van der Waals surface area (Å²) in [5.74, 6) is -0.0997. The molecule has 262 valence electrons. The summed E-state index contributed by atoms with van der Waals surface area (Å²) in [7, 11) is -4.11. The van der Waals surface area contributed by atoms with Crippen LogP contribution in [0.1, 0.15) is 112 Å². The molecule has 4 aromatic rings. The average molecular weight is 704 g/mol. The van der Waals surface area contributed by atoms with Crippen molar-refractivity contribution >= 4 is 44.6 Å². The molecule has 9 heteroatoms. The Kier molecular flexibility index (Phi) is 13.6. The Bertz CT molecular complexity index is 1780. The predicted molar refractivity (Wildman–Crippen MR) is 203 cm³/mol. The Balaban J connectivity index is 1.76. The minimum Gasteiger partial charge on any atom is -0.493 e. The lowest BCUT2D eigenvalue weighted by Gasteiger charge is -2.28. The zero-order valence-corrected chi connectivity index (χ0v) is 31.0. The smallest absolute Gasteiger partial charge is 0.262 e. The normalized spacial score (nSPS) is 12.2. The monoisotopic (exact) mass is 703 g/mol. The number of carbonyl (C=O) groups is 1. The van der Waals surface area contributed by atoms with Gasteiger partial charge in [0, 0.05) is 45.7 Å². The highest BCUT2D eigenvalue weighted by molar-refractivity contribution is 7.92. The van der Waals surface area contributed by atoms with Gasteiger partial charge in [-0.2, -0.15) is 0 Å². The number of hydrogen-bond donors (Lipinski definition) is 3. The van der Waals surface area contributed by atoms with Gasteiger partial charge in [-0.15, -0.1) is 0 Å². The van der Waals surface area contributed by atoms with Gasteiger partial charge in [0.2, 0.25) is 0 Å². The van der Waals surface area contributed by atoms with Crippen molar-refractivity contribution in [3.63, 3.8) is 0 Å². The number of anilines is 3. The van der Waals surface area contributed by atoms with E-state index in [0.29, 0.717) is 39.8 Å². The number of rotatable bonds is 17. The van der Waals surface area contributed by atoms with Crippen molar-refractivity contribution < 1.29 is 17.9 Å². The second kappa shape index (κ2) is 17.6. The summed E-state index contributed by atoms with van der Waals surface area (Å²) in [4.78, 5) is 13.3. The van der Waals surface area contributed by atoms with E-state index in [2.05, 4.69) is 36.1 Å². The number of sulfonamides is 1. The summed E-state index contributed by atoms with van der Waals surface area (Å²) >= 11 is 6.04. The van der Waals surface area contributed by atoms with E-state index in [0.717, 1.165) is 42.6 Å². The van der Waals surface area contributed by atoms with Crippen molar-refractivity contribution in [2.75, 3.05) is 23.2 Å². The van der Waals surface area contributed by atoms with Gasteiger partial charge in [0.05, 0.1) is 11.5 Å². The van der Waals surface area contributed by atoms with E-state index < -0.39 is 15.9 Å². The van der Waals surface area contributed by atoms with Gasteiger partial charge in [0.1, 0.15) is 5.75 Å². The molecule has 0 heterocycles. The van der Waals surface area contributed by atoms with Crippen LogP contribution in [-0.4, -0.2) is 27.5 Å². The fourth-order valence-electron chi connectivity index (χ4n) is 5.75. The van der Waals surface area contributed by atoms with Gasteiger partial charge in [-0.25, -0.2) is 8.42 Å². The largest absolute Gasteiger partial charge is 0.493 e. The molecule has 0 aromatic heterocycles. The molecule has 0 radical (unpaired) electrons. The first-order valence-corrected chi connectivity index (χ1v) is 19.1. The molecule has 0 saturated heterocycles. The Morgan fingerprint density at radius 2 is 1.39 bits per heavy atom. The molecular weight excluding hydrogens is 654 g/mol. The lowest BCUT2D eigenvalue weighted by atomic mass is 9.87. The molecule has 0 fully saturated rings. The lowest BCUT2D eigenvalue weighted by Crippen LogP contribution is -2.29. The van der Waals surface area contributed by atoms with Crippen molar-refractivity contribution in [2.45, 2.75) is 89.9 Å². The highest BCUT2D eigenvalue weighted by atomic mass is 35.5. The van der Waals surface area contributed by atoms with Crippen molar-refractivity contribution in [1.82, 2.24) is 5.32 Å². The molecule has 3 N–H and O–H groups in total. The number of amides is 1. The Hall–Kier alpha value is -4.01. The number of nitrogens with one attached hydrogen (secondary N) is 3. The predicted octanol–water partition coefficient (Wildman–Crippen LogP) is 10.6. The fraction of sp³-hybridized carbons (Fsp3) is 0.375. The third-order valence-electron chi connectivity index (χ3n) is 8.45. The minimum atomic E-state index is -4.11. The second-order valence-electron chi connectivity index (χ2n) is 13.1. The molecule has 0 spiro atoms. The van der Waals surface area contributed by atoms with E-state index in [4.69, 9.17) is 16.3 Å². The summed E-state index contributed by atoms with van der Waals surface area (Å²) in [6, 6.07) is 25.7. The first-order valence-electron chi connectivity index (χ1n) is 17.2. The van der Waals surface area contributed by atoms with E-state index in [1.54, 1.807) is 36.4 Å². The van der Waals surface area contributed by atoms with Crippen LogP contribution in [0.15, 0.2) is 89.8 Å². The molecule has 1 unspecified atom stereocenters. The highest BCUT2D eigenvalue weighted by Crippen LogP contribution is 2.44. The summed E-state index contributed by atoms with van der Waals surface area (Å²) in [5, 5.41) is 6.90. The van der Waals surface area contributed by atoms with Crippen molar-refractivity contribution in [3.05, 3.63) is 112 Å². The molecule has 0 aliphatic rings. The highest BCUT2D eigenvalue weighted by Gasteiger charge is 2.33. The third kappa shape index (κ3) is 10.2. The van der Waals surface area contributed by atoms with Gasteiger partial charge in [-0.05, 0) is 90.0 Å². The lowest BCUT2D eigenvalue weighted by molar-refractivity contribution is 0.0951. The van der Waals surface area contributed by atoms with Crippen molar-refractivity contribution in [2.24, 2.45) is 0 Å². The van der Waals surface area contributed by atoms with E-state index in [9.17, 15) is 13.2 Å². The van der Waals surface area contributed by atoms with Crippen LogP contribution in [0, 0.1) is 0 Å². The number of unbranched alkanes of at least 4 members (excludes halogenated alkanes) is 3. The quantitative estimate of drug-likeness (QED) is 0.0951. The molecule has 0 bridgehead atoms. The summed E-state index contributed by atoms with van der Waals surface area (Å²) in [6.45, 7) is 13.0. The van der Waals surface area contributed by atoms with Crippen LogP contribution in [0.5, 0.6) is 5.75 Å². The summed E-state index contributed by atoms with van der Waals surface area (Å²) in [5.41, 5.74) is 4.94. The molecule has 49 heavy (non-hydrogen) atoms. The van der Waals surface area contributed by atoms with E-state index in [1.807, 2.05) is 69.3 Å². The maximum Gasteiger partial charge on any atom is 0.262 e. The zero-order valence-electron chi connectivity index (χ0n) is 29.5. The van der Waals surface area contributed by atoms with Crippen molar-refractivity contribution in [1.29, 1.82) is 0 Å². The number of ether oxygens (including phenoxy) is 1. The zero-order chi connectivity index (χ0) is 35.6. The number of para-hydroxylation sites is 1. The van der Waals surface area contributed by atoms with E-state index in [-0.39, 0.29) is 29.2 Å². The maximum atomic E-state index is 14.6. The summed E-state index contributed by atoms with van der Waals surface area (Å²) < 4.78 is 38.6. The van der Waals surface area contributed by atoms with E-state index >= 15 is 0 Å². The number of carbonyl (C=O) groups excluding carboxylic acids is 1. The summed E-state index contributed by atoms with van der Waals surface area (Å²) in [6.07, 6.45) is 4.10.